The highest BCUT2D eigenvalue weighted by Gasteiger charge is 2.14. The third kappa shape index (κ3) is 4.32. The lowest BCUT2D eigenvalue weighted by atomic mass is 9.96. The lowest BCUT2D eigenvalue weighted by Crippen LogP contribution is -2.31. The molecule has 1 amide bonds. The fraction of sp³-hybridized carbons (Fsp3) is 0.273. The van der Waals surface area contributed by atoms with Gasteiger partial charge in [0.15, 0.2) is 0 Å². The van der Waals surface area contributed by atoms with Gasteiger partial charge in [0, 0.05) is 29.6 Å². The zero-order chi connectivity index (χ0) is 19.4. The molecule has 0 radical (unpaired) electrons. The summed E-state index contributed by atoms with van der Waals surface area (Å²) in [6.07, 6.45) is -0.0417. The number of carbonyl (C=O) groups is 1. The standard InChI is InChI=1S/C22H24N2O3/c1-14-10-18(13-25)19-9-5-7-17(21(19)24-14)11-16-6-3-4-8-20(16)22(27)23-12-15(2)26/h3-10,15,25-26H,11-13H2,1-2H3,(H,23,27)/t15-/m0/s1. The Hall–Kier alpha value is -2.76. The molecule has 0 aliphatic rings. The summed E-state index contributed by atoms with van der Waals surface area (Å²) in [7, 11) is 0. The number of rotatable bonds is 6. The maximum Gasteiger partial charge on any atom is 0.251 e. The minimum Gasteiger partial charge on any atom is -0.392 e. The molecular formula is C22H24N2O3. The van der Waals surface area contributed by atoms with E-state index in [1.807, 2.05) is 49.4 Å². The normalized spacial score (nSPS) is 12.1. The number of hydrogen-bond acceptors (Lipinski definition) is 4. The van der Waals surface area contributed by atoms with Crippen LogP contribution in [-0.2, 0) is 13.0 Å². The molecule has 1 aromatic heterocycles. The van der Waals surface area contributed by atoms with Gasteiger partial charge in [-0.25, -0.2) is 0 Å². The van der Waals surface area contributed by atoms with Crippen LogP contribution in [0.4, 0.5) is 0 Å². The number of benzene rings is 2. The highest BCUT2D eigenvalue weighted by Crippen LogP contribution is 2.25. The maximum absolute atomic E-state index is 12.5. The predicted molar refractivity (Wildman–Crippen MR) is 106 cm³/mol. The largest absolute Gasteiger partial charge is 0.392 e. The Bertz CT molecular complexity index is 967. The van der Waals surface area contributed by atoms with Crippen molar-refractivity contribution in [1.29, 1.82) is 0 Å². The SMILES string of the molecule is Cc1cc(CO)c2cccc(Cc3ccccc3C(=O)NC[C@H](C)O)c2n1. The van der Waals surface area contributed by atoms with Gasteiger partial charge in [-0.15, -0.1) is 0 Å². The summed E-state index contributed by atoms with van der Waals surface area (Å²) in [6.45, 7) is 3.71. The molecule has 2 aromatic carbocycles. The fourth-order valence-corrected chi connectivity index (χ4v) is 3.23. The Kier molecular flexibility index (Phi) is 5.84. The number of aryl methyl sites for hydroxylation is 1. The molecule has 0 unspecified atom stereocenters. The van der Waals surface area contributed by atoms with E-state index in [2.05, 4.69) is 10.3 Å². The van der Waals surface area contributed by atoms with E-state index in [0.29, 0.717) is 12.0 Å². The molecule has 3 rings (SSSR count). The van der Waals surface area contributed by atoms with Crippen molar-refractivity contribution >= 4 is 16.8 Å². The molecule has 1 atom stereocenters. The monoisotopic (exact) mass is 364 g/mol. The zero-order valence-electron chi connectivity index (χ0n) is 15.6. The Morgan fingerprint density at radius 3 is 2.59 bits per heavy atom. The van der Waals surface area contributed by atoms with Crippen LogP contribution < -0.4 is 5.32 Å². The second kappa shape index (κ2) is 8.29. The van der Waals surface area contributed by atoms with Crippen molar-refractivity contribution in [2.75, 3.05) is 6.54 Å². The highest BCUT2D eigenvalue weighted by atomic mass is 16.3. The fourth-order valence-electron chi connectivity index (χ4n) is 3.23. The summed E-state index contributed by atoms with van der Waals surface area (Å²) in [5.74, 6) is -0.202. The van der Waals surface area contributed by atoms with Crippen LogP contribution >= 0.6 is 0 Å². The van der Waals surface area contributed by atoms with Gasteiger partial charge in [-0.3, -0.25) is 9.78 Å². The van der Waals surface area contributed by atoms with Crippen molar-refractivity contribution in [2.24, 2.45) is 0 Å². The molecule has 3 N–H and O–H groups in total. The Balaban J connectivity index is 1.99. The van der Waals surface area contributed by atoms with Crippen LogP contribution in [0.5, 0.6) is 0 Å². The van der Waals surface area contributed by atoms with Crippen LogP contribution in [0.15, 0.2) is 48.5 Å². The lowest BCUT2D eigenvalue weighted by Gasteiger charge is -2.13. The number of nitrogens with one attached hydrogen (secondary N) is 1. The van der Waals surface area contributed by atoms with Crippen molar-refractivity contribution in [3.63, 3.8) is 0 Å². The van der Waals surface area contributed by atoms with E-state index in [1.54, 1.807) is 13.0 Å². The van der Waals surface area contributed by atoms with Gasteiger partial charge in [0.05, 0.1) is 18.2 Å². The average molecular weight is 364 g/mol. The van der Waals surface area contributed by atoms with Gasteiger partial charge in [0.2, 0.25) is 0 Å². The van der Waals surface area contributed by atoms with Crippen molar-refractivity contribution in [3.05, 3.63) is 76.5 Å². The summed E-state index contributed by atoms with van der Waals surface area (Å²) in [5, 5.41) is 22.7. The van der Waals surface area contributed by atoms with Gasteiger partial charge in [0.1, 0.15) is 0 Å². The molecule has 0 bridgehead atoms. The van der Waals surface area contributed by atoms with Gasteiger partial charge in [-0.2, -0.15) is 0 Å². The first kappa shape index (κ1) is 19.0. The van der Waals surface area contributed by atoms with Crippen LogP contribution in [0.2, 0.25) is 0 Å². The number of nitrogens with zero attached hydrogens (tertiary/aromatic N) is 1. The van der Waals surface area contributed by atoms with E-state index in [4.69, 9.17) is 0 Å². The molecular weight excluding hydrogens is 340 g/mol. The summed E-state index contributed by atoms with van der Waals surface area (Å²) < 4.78 is 0. The smallest absolute Gasteiger partial charge is 0.251 e. The van der Waals surface area contributed by atoms with Crippen LogP contribution in [0.3, 0.4) is 0 Å². The third-order valence-corrected chi connectivity index (χ3v) is 4.51. The van der Waals surface area contributed by atoms with Crippen LogP contribution in [0.25, 0.3) is 10.9 Å². The van der Waals surface area contributed by atoms with Gasteiger partial charge in [-0.05, 0) is 42.7 Å². The number of fused-ring (bicyclic) bond motifs is 1. The van der Waals surface area contributed by atoms with E-state index in [0.717, 1.165) is 33.3 Å². The van der Waals surface area contributed by atoms with Crippen LogP contribution in [0.1, 0.15) is 39.7 Å². The highest BCUT2D eigenvalue weighted by molar-refractivity contribution is 5.96. The number of para-hydroxylation sites is 1. The molecule has 0 saturated heterocycles. The topological polar surface area (TPSA) is 82.5 Å². The van der Waals surface area contributed by atoms with Gasteiger partial charge in [0.25, 0.3) is 5.91 Å². The van der Waals surface area contributed by atoms with Crippen molar-refractivity contribution in [2.45, 2.75) is 33.0 Å². The van der Waals surface area contributed by atoms with E-state index >= 15 is 0 Å². The number of aliphatic hydroxyl groups is 2. The number of aromatic nitrogens is 1. The van der Waals surface area contributed by atoms with Crippen molar-refractivity contribution < 1.29 is 15.0 Å². The summed E-state index contributed by atoms with van der Waals surface area (Å²) in [6, 6.07) is 15.3. The molecule has 140 valence electrons. The minimum absolute atomic E-state index is 0.0400. The first-order chi connectivity index (χ1) is 13.0. The number of aliphatic hydroxyl groups excluding tert-OH is 2. The summed E-state index contributed by atoms with van der Waals surface area (Å²) in [4.78, 5) is 17.2. The van der Waals surface area contributed by atoms with Gasteiger partial charge in [-0.1, -0.05) is 36.4 Å². The van der Waals surface area contributed by atoms with Crippen LogP contribution in [-0.4, -0.2) is 33.8 Å². The Morgan fingerprint density at radius 1 is 1.11 bits per heavy atom. The molecule has 1 heterocycles. The zero-order valence-corrected chi connectivity index (χ0v) is 15.6. The molecule has 0 aliphatic heterocycles. The first-order valence-corrected chi connectivity index (χ1v) is 9.02. The number of hydrogen-bond donors (Lipinski definition) is 3. The second-order valence-electron chi connectivity index (χ2n) is 6.79. The van der Waals surface area contributed by atoms with E-state index in [9.17, 15) is 15.0 Å². The molecule has 27 heavy (non-hydrogen) atoms. The predicted octanol–water partition coefficient (Wildman–Crippen LogP) is 2.74. The van der Waals surface area contributed by atoms with E-state index in [1.165, 1.54) is 0 Å². The van der Waals surface area contributed by atoms with Crippen LogP contribution in [0, 0.1) is 6.92 Å². The molecule has 0 saturated carbocycles. The molecule has 0 fully saturated rings. The maximum atomic E-state index is 12.5. The van der Waals surface area contributed by atoms with E-state index < -0.39 is 6.10 Å². The minimum atomic E-state index is -0.594. The molecule has 5 nitrogen and oxygen atoms in total. The molecule has 0 aliphatic carbocycles. The quantitative estimate of drug-likeness (QED) is 0.628. The number of amides is 1. The molecule has 3 aromatic rings. The van der Waals surface area contributed by atoms with E-state index in [-0.39, 0.29) is 19.1 Å². The Labute approximate surface area is 158 Å². The van der Waals surface area contributed by atoms with Gasteiger partial charge >= 0.3 is 0 Å². The molecule has 0 spiro atoms. The summed E-state index contributed by atoms with van der Waals surface area (Å²) >= 11 is 0. The Morgan fingerprint density at radius 2 is 1.85 bits per heavy atom. The first-order valence-electron chi connectivity index (χ1n) is 9.02. The van der Waals surface area contributed by atoms with Crippen molar-refractivity contribution in [3.8, 4) is 0 Å². The summed E-state index contributed by atoms with van der Waals surface area (Å²) in [5.41, 5.74) is 5.03. The number of carbonyl (C=O) groups excluding carboxylic acids is 1. The molecule has 5 heteroatoms. The third-order valence-electron chi connectivity index (χ3n) is 4.51. The van der Waals surface area contributed by atoms with Crippen molar-refractivity contribution in [1.82, 2.24) is 10.3 Å². The van der Waals surface area contributed by atoms with Gasteiger partial charge < -0.3 is 15.5 Å². The lowest BCUT2D eigenvalue weighted by molar-refractivity contribution is 0.0923. The number of pyridine rings is 1. The average Bonchev–Trinajstić information content (AvgIpc) is 2.66. The second-order valence-corrected chi connectivity index (χ2v) is 6.79.